The summed E-state index contributed by atoms with van der Waals surface area (Å²) in [6, 6.07) is 7.33. The van der Waals surface area contributed by atoms with E-state index in [0.29, 0.717) is 39.4 Å². The number of hydrogen-bond donors (Lipinski definition) is 1. The van der Waals surface area contributed by atoms with Crippen LogP contribution in [0.1, 0.15) is 33.6 Å². The number of nitrogens with one attached hydrogen (secondary N) is 1. The van der Waals surface area contributed by atoms with Crippen molar-refractivity contribution in [1.29, 1.82) is 0 Å². The molecule has 3 nitrogen and oxygen atoms in total. The fraction of sp³-hybridized carbons (Fsp3) is 0.333. The average Bonchev–Trinajstić information content (AvgIpc) is 3.28. The van der Waals surface area contributed by atoms with Gasteiger partial charge in [-0.15, -0.1) is 23.4 Å². The number of alkyl halides is 1. The van der Waals surface area contributed by atoms with Crippen molar-refractivity contribution >= 4 is 34.9 Å². The number of hydrogen-bond acceptors (Lipinski definition) is 4. The third-order valence-electron chi connectivity index (χ3n) is 3.33. The Morgan fingerprint density at radius 3 is 2.40 bits per heavy atom. The molecule has 1 saturated carbocycles. The van der Waals surface area contributed by atoms with Gasteiger partial charge < -0.3 is 5.32 Å². The van der Waals surface area contributed by atoms with Gasteiger partial charge in [-0.25, -0.2) is 0 Å². The number of carbonyl (C=O) groups is 2. The molecule has 3 rings (SSSR count). The van der Waals surface area contributed by atoms with Crippen molar-refractivity contribution in [2.75, 3.05) is 11.6 Å². The third-order valence-corrected chi connectivity index (χ3v) is 4.83. The lowest BCUT2D eigenvalue weighted by atomic mass is 9.92. The molecule has 0 aliphatic heterocycles. The number of carbonyl (C=O) groups excluding carboxylic acids is 2. The van der Waals surface area contributed by atoms with Crippen LogP contribution in [0, 0.1) is 0 Å². The second kappa shape index (κ2) is 5.62. The zero-order chi connectivity index (χ0) is 14.1. The summed E-state index contributed by atoms with van der Waals surface area (Å²) >= 11 is 7.08. The van der Waals surface area contributed by atoms with E-state index in [1.165, 1.54) is 11.8 Å². The maximum absolute atomic E-state index is 12.6. The van der Waals surface area contributed by atoms with Gasteiger partial charge in [0.25, 0.3) is 0 Å². The topological polar surface area (TPSA) is 46.2 Å². The first-order valence-corrected chi connectivity index (χ1v) is 8.12. The summed E-state index contributed by atoms with van der Waals surface area (Å²) in [4.78, 5) is 25.7. The van der Waals surface area contributed by atoms with E-state index in [0.717, 1.165) is 12.8 Å². The number of benzene rings is 1. The molecule has 1 aromatic carbocycles. The molecule has 0 atom stereocenters. The molecule has 1 N–H and O–H groups in total. The van der Waals surface area contributed by atoms with E-state index < -0.39 is 0 Å². The molecule has 0 unspecified atom stereocenters. The SMILES string of the molecule is O=C1C(NC2CC2)=C(SCCCl)C(=O)c2ccccc21. The second-order valence-electron chi connectivity index (χ2n) is 4.86. The number of fused-ring (bicyclic) bond motifs is 1. The number of thioether (sulfide) groups is 1. The average molecular weight is 308 g/mol. The van der Waals surface area contributed by atoms with E-state index in [9.17, 15) is 9.59 Å². The molecule has 1 fully saturated rings. The molecule has 0 heterocycles. The van der Waals surface area contributed by atoms with E-state index >= 15 is 0 Å². The Kier molecular flexibility index (Phi) is 3.85. The summed E-state index contributed by atoms with van der Waals surface area (Å²) in [7, 11) is 0. The summed E-state index contributed by atoms with van der Waals surface area (Å²) in [5.74, 6) is 0.921. The van der Waals surface area contributed by atoms with Crippen LogP contribution in [0.15, 0.2) is 34.9 Å². The smallest absolute Gasteiger partial charge is 0.210 e. The van der Waals surface area contributed by atoms with Crippen LogP contribution in [-0.4, -0.2) is 29.2 Å². The van der Waals surface area contributed by atoms with Crippen LogP contribution in [0.3, 0.4) is 0 Å². The lowest BCUT2D eigenvalue weighted by Gasteiger charge is -2.21. The second-order valence-corrected chi connectivity index (χ2v) is 6.35. The molecule has 0 aromatic heterocycles. The number of rotatable bonds is 5. The van der Waals surface area contributed by atoms with Crippen LogP contribution in [0.5, 0.6) is 0 Å². The van der Waals surface area contributed by atoms with Crippen LogP contribution in [-0.2, 0) is 0 Å². The Morgan fingerprint density at radius 1 is 1.15 bits per heavy atom. The molecule has 1 aromatic rings. The van der Waals surface area contributed by atoms with Gasteiger partial charge in [0, 0.05) is 28.8 Å². The lowest BCUT2D eigenvalue weighted by molar-refractivity contribution is 0.0975. The van der Waals surface area contributed by atoms with Crippen molar-refractivity contribution in [2.24, 2.45) is 0 Å². The zero-order valence-electron chi connectivity index (χ0n) is 10.8. The Hall–Kier alpha value is -1.26. The van der Waals surface area contributed by atoms with Crippen LogP contribution >= 0.6 is 23.4 Å². The summed E-state index contributed by atoms with van der Waals surface area (Å²) in [5, 5.41) is 3.22. The van der Waals surface area contributed by atoms with E-state index in [1.54, 1.807) is 24.3 Å². The number of halogens is 1. The Morgan fingerprint density at radius 2 is 1.80 bits per heavy atom. The third kappa shape index (κ3) is 2.50. The summed E-state index contributed by atoms with van der Waals surface area (Å²) in [6.07, 6.45) is 2.11. The Labute approximate surface area is 126 Å². The number of ketones is 2. The molecular weight excluding hydrogens is 294 g/mol. The van der Waals surface area contributed by atoms with Gasteiger partial charge >= 0.3 is 0 Å². The van der Waals surface area contributed by atoms with E-state index in [2.05, 4.69) is 5.32 Å². The van der Waals surface area contributed by atoms with E-state index in [1.807, 2.05) is 0 Å². The van der Waals surface area contributed by atoms with Gasteiger partial charge in [-0.3, -0.25) is 9.59 Å². The molecule has 0 spiro atoms. The maximum atomic E-state index is 12.6. The standard InChI is InChI=1S/C15H14ClNO2S/c16-7-8-20-15-12(17-9-5-6-9)13(18)10-3-1-2-4-11(10)14(15)19/h1-4,9,17H,5-8H2. The minimum atomic E-state index is -0.0795. The molecule has 104 valence electrons. The molecule has 0 radical (unpaired) electrons. The van der Waals surface area contributed by atoms with Crippen molar-refractivity contribution in [3.8, 4) is 0 Å². The summed E-state index contributed by atoms with van der Waals surface area (Å²) < 4.78 is 0. The largest absolute Gasteiger partial charge is 0.378 e. The highest BCUT2D eigenvalue weighted by molar-refractivity contribution is 8.04. The van der Waals surface area contributed by atoms with Crippen LogP contribution in [0.25, 0.3) is 0 Å². The first kappa shape index (κ1) is 13.7. The molecular formula is C15H14ClNO2S. The van der Waals surface area contributed by atoms with Gasteiger partial charge in [0.15, 0.2) is 0 Å². The van der Waals surface area contributed by atoms with Crippen molar-refractivity contribution in [1.82, 2.24) is 5.32 Å². The van der Waals surface area contributed by atoms with Gasteiger partial charge in [0.2, 0.25) is 11.6 Å². The monoisotopic (exact) mass is 307 g/mol. The lowest BCUT2D eigenvalue weighted by Crippen LogP contribution is -2.31. The van der Waals surface area contributed by atoms with Crippen molar-refractivity contribution in [2.45, 2.75) is 18.9 Å². The van der Waals surface area contributed by atoms with Gasteiger partial charge in [0.1, 0.15) is 5.70 Å². The van der Waals surface area contributed by atoms with Gasteiger partial charge in [-0.1, -0.05) is 24.3 Å². The molecule has 2 aliphatic rings. The quantitative estimate of drug-likeness (QED) is 0.850. The predicted octanol–water partition coefficient (Wildman–Crippen LogP) is 3.00. The highest BCUT2D eigenvalue weighted by Gasteiger charge is 2.35. The van der Waals surface area contributed by atoms with Crippen molar-refractivity contribution in [3.05, 3.63) is 46.0 Å². The predicted molar refractivity (Wildman–Crippen MR) is 81.5 cm³/mol. The van der Waals surface area contributed by atoms with Crippen molar-refractivity contribution < 1.29 is 9.59 Å². The van der Waals surface area contributed by atoms with E-state index in [-0.39, 0.29) is 11.6 Å². The number of Topliss-reactive ketones (excluding diaryl/α,β-unsaturated/α-hetero) is 2. The molecule has 0 bridgehead atoms. The first-order chi connectivity index (χ1) is 9.72. The van der Waals surface area contributed by atoms with Crippen LogP contribution in [0.2, 0.25) is 0 Å². The molecule has 5 heteroatoms. The summed E-state index contributed by atoms with van der Waals surface area (Å²) in [5.41, 5.74) is 1.46. The first-order valence-electron chi connectivity index (χ1n) is 6.60. The van der Waals surface area contributed by atoms with Gasteiger partial charge in [-0.2, -0.15) is 0 Å². The normalized spacial score (nSPS) is 18.2. The molecule has 2 aliphatic carbocycles. The molecule has 0 saturated heterocycles. The zero-order valence-corrected chi connectivity index (χ0v) is 12.4. The van der Waals surface area contributed by atoms with Crippen molar-refractivity contribution in [3.63, 3.8) is 0 Å². The Balaban J connectivity index is 2.02. The minimum Gasteiger partial charge on any atom is -0.378 e. The maximum Gasteiger partial charge on any atom is 0.210 e. The highest BCUT2D eigenvalue weighted by Crippen LogP contribution is 2.33. The minimum absolute atomic E-state index is 0.0709. The fourth-order valence-electron chi connectivity index (χ4n) is 2.19. The summed E-state index contributed by atoms with van der Waals surface area (Å²) in [6.45, 7) is 0. The van der Waals surface area contributed by atoms with Gasteiger partial charge in [-0.05, 0) is 12.8 Å². The molecule has 0 amide bonds. The number of allylic oxidation sites excluding steroid dienone is 2. The van der Waals surface area contributed by atoms with Gasteiger partial charge in [0.05, 0.1) is 4.91 Å². The Bertz CT molecular complexity index is 608. The van der Waals surface area contributed by atoms with Crippen LogP contribution in [0.4, 0.5) is 0 Å². The highest BCUT2D eigenvalue weighted by atomic mass is 35.5. The fourth-order valence-corrected chi connectivity index (χ4v) is 3.24. The van der Waals surface area contributed by atoms with E-state index in [4.69, 9.17) is 11.6 Å². The molecule has 20 heavy (non-hydrogen) atoms. The van der Waals surface area contributed by atoms with Crippen LogP contribution < -0.4 is 5.32 Å².